The lowest BCUT2D eigenvalue weighted by Crippen LogP contribution is -2.40. The molecule has 1 aromatic heterocycles. The number of hydrogen-bond donors (Lipinski definition) is 1. The van der Waals surface area contributed by atoms with Crippen LogP contribution in [0.15, 0.2) is 29.1 Å². The van der Waals surface area contributed by atoms with Crippen molar-refractivity contribution in [2.45, 2.75) is 57.7 Å². The van der Waals surface area contributed by atoms with Crippen LogP contribution in [0.2, 0.25) is 0 Å². The molecule has 1 N–H and O–H groups in total. The fourth-order valence-electron chi connectivity index (χ4n) is 4.39. The smallest absolute Gasteiger partial charge is 0.345 e. The van der Waals surface area contributed by atoms with Gasteiger partial charge >= 0.3 is 11.7 Å². The summed E-state index contributed by atoms with van der Waals surface area (Å²) in [6.45, 7) is 2.55. The van der Waals surface area contributed by atoms with Gasteiger partial charge in [-0.1, -0.05) is 18.2 Å². The number of ether oxygens (including phenoxy) is 1. The summed E-state index contributed by atoms with van der Waals surface area (Å²) < 4.78 is 8.80. The summed E-state index contributed by atoms with van der Waals surface area (Å²) in [4.78, 5) is 27.0. The summed E-state index contributed by atoms with van der Waals surface area (Å²) in [6.07, 6.45) is 5.59. The van der Waals surface area contributed by atoms with Gasteiger partial charge in [0.15, 0.2) is 0 Å². The zero-order valence-electron chi connectivity index (χ0n) is 17.0. The largest absolute Gasteiger partial charge is 0.496 e. The number of likely N-dealkylation sites (tertiary alicyclic amines) is 1. The van der Waals surface area contributed by atoms with Crippen LogP contribution >= 0.6 is 0 Å². The van der Waals surface area contributed by atoms with E-state index in [9.17, 15) is 9.59 Å². The molecule has 2 aliphatic heterocycles. The minimum absolute atomic E-state index is 0.0261. The molecular weight excluding hydrogens is 370 g/mol. The number of methoxy groups -OCH3 is 1. The molecule has 2 amide bonds. The molecule has 2 aromatic rings. The van der Waals surface area contributed by atoms with Gasteiger partial charge in [-0.05, 0) is 38.2 Å². The monoisotopic (exact) mass is 399 g/mol. The van der Waals surface area contributed by atoms with E-state index >= 15 is 0 Å². The number of carbonyl (C=O) groups excluding carboxylic acids is 1. The molecule has 1 unspecified atom stereocenters. The molecule has 29 heavy (non-hydrogen) atoms. The van der Waals surface area contributed by atoms with E-state index in [0.29, 0.717) is 19.5 Å². The predicted octanol–water partition coefficient (Wildman–Crippen LogP) is 2.33. The average molecular weight is 399 g/mol. The number of para-hydroxylation sites is 1. The quantitative estimate of drug-likeness (QED) is 0.756. The third-order valence-corrected chi connectivity index (χ3v) is 5.87. The van der Waals surface area contributed by atoms with Crippen LogP contribution in [0.1, 0.15) is 49.5 Å². The maximum absolute atomic E-state index is 12.8. The van der Waals surface area contributed by atoms with Crippen LogP contribution in [-0.2, 0) is 19.5 Å². The Kier molecular flexibility index (Phi) is 5.87. The third-order valence-electron chi connectivity index (χ3n) is 5.87. The second-order valence-corrected chi connectivity index (χ2v) is 7.71. The molecule has 2 aliphatic rings. The van der Waals surface area contributed by atoms with E-state index in [1.807, 2.05) is 29.2 Å². The van der Waals surface area contributed by atoms with E-state index < -0.39 is 0 Å². The van der Waals surface area contributed by atoms with E-state index in [2.05, 4.69) is 10.4 Å². The van der Waals surface area contributed by atoms with E-state index in [1.54, 1.807) is 16.4 Å². The number of aryl methyl sites for hydroxylation is 2. The van der Waals surface area contributed by atoms with Crippen molar-refractivity contribution in [3.05, 3.63) is 46.1 Å². The minimum Gasteiger partial charge on any atom is -0.496 e. The van der Waals surface area contributed by atoms with Crippen molar-refractivity contribution >= 4 is 6.03 Å². The van der Waals surface area contributed by atoms with Gasteiger partial charge in [-0.15, -0.1) is 0 Å². The highest BCUT2D eigenvalue weighted by atomic mass is 16.5. The number of aromatic nitrogens is 3. The molecule has 0 bridgehead atoms. The molecule has 0 radical (unpaired) electrons. The Balaban J connectivity index is 1.32. The van der Waals surface area contributed by atoms with Gasteiger partial charge in [-0.3, -0.25) is 4.57 Å². The number of rotatable bonds is 6. The number of nitrogens with zero attached hydrogens (tertiary/aromatic N) is 4. The van der Waals surface area contributed by atoms with Gasteiger partial charge in [-0.25, -0.2) is 14.3 Å². The molecule has 0 saturated carbocycles. The first-order valence-electron chi connectivity index (χ1n) is 10.5. The normalized spacial score (nSPS) is 18.5. The van der Waals surface area contributed by atoms with Crippen LogP contribution in [0.3, 0.4) is 0 Å². The van der Waals surface area contributed by atoms with Crippen LogP contribution in [0.5, 0.6) is 5.75 Å². The van der Waals surface area contributed by atoms with Crippen molar-refractivity contribution < 1.29 is 9.53 Å². The molecule has 1 aromatic carbocycles. The van der Waals surface area contributed by atoms with Crippen molar-refractivity contribution in [1.82, 2.24) is 24.6 Å². The first-order valence-corrected chi connectivity index (χ1v) is 10.5. The molecule has 8 heteroatoms. The molecule has 1 saturated heterocycles. The van der Waals surface area contributed by atoms with Gasteiger partial charge in [0, 0.05) is 38.2 Å². The lowest BCUT2D eigenvalue weighted by atomic mass is 10.0. The van der Waals surface area contributed by atoms with E-state index in [0.717, 1.165) is 62.3 Å². The Morgan fingerprint density at radius 3 is 2.93 bits per heavy atom. The maximum atomic E-state index is 12.8. The summed E-state index contributed by atoms with van der Waals surface area (Å²) >= 11 is 0. The minimum atomic E-state index is -0.0603. The molecule has 4 rings (SSSR count). The highest BCUT2D eigenvalue weighted by Gasteiger charge is 2.31. The van der Waals surface area contributed by atoms with Gasteiger partial charge < -0.3 is 15.0 Å². The number of hydrogen-bond acceptors (Lipinski definition) is 4. The molecule has 0 aliphatic carbocycles. The first kappa shape index (κ1) is 19.5. The Morgan fingerprint density at radius 2 is 2.10 bits per heavy atom. The molecule has 1 atom stereocenters. The Hall–Kier alpha value is -2.77. The summed E-state index contributed by atoms with van der Waals surface area (Å²) in [7, 11) is 1.66. The third kappa shape index (κ3) is 4.02. The number of carbonyl (C=O) groups is 1. The lowest BCUT2D eigenvalue weighted by Gasteiger charge is -2.26. The van der Waals surface area contributed by atoms with Gasteiger partial charge in [0.2, 0.25) is 0 Å². The second-order valence-electron chi connectivity index (χ2n) is 7.71. The van der Waals surface area contributed by atoms with Crippen molar-refractivity contribution in [2.75, 3.05) is 20.2 Å². The standard InChI is InChI=1S/C21H29N5O3/c1-29-18-10-3-2-8-16(18)17-9-6-14-24(17)20(27)22-12-7-15-26-21(28)25-13-5-4-11-19(25)23-26/h2-3,8,10,17H,4-7,9,11-15H2,1H3,(H,22,27). The summed E-state index contributed by atoms with van der Waals surface area (Å²) in [5.41, 5.74) is 1.03. The fraction of sp³-hybridized carbons (Fsp3) is 0.571. The number of nitrogens with one attached hydrogen (secondary N) is 1. The molecule has 3 heterocycles. The van der Waals surface area contributed by atoms with Gasteiger partial charge in [-0.2, -0.15) is 5.10 Å². The molecule has 0 spiro atoms. The summed E-state index contributed by atoms with van der Waals surface area (Å²) in [6, 6.07) is 7.86. The van der Waals surface area contributed by atoms with E-state index in [1.165, 1.54) is 0 Å². The van der Waals surface area contributed by atoms with Crippen LogP contribution in [0.25, 0.3) is 0 Å². The highest BCUT2D eigenvalue weighted by molar-refractivity contribution is 5.75. The molecule has 1 fully saturated rings. The average Bonchev–Trinajstić information content (AvgIpc) is 3.36. The zero-order chi connectivity index (χ0) is 20.2. The summed E-state index contributed by atoms with van der Waals surface area (Å²) in [5.74, 6) is 1.71. The number of benzene rings is 1. The molecule has 156 valence electrons. The van der Waals surface area contributed by atoms with Crippen LogP contribution < -0.4 is 15.7 Å². The van der Waals surface area contributed by atoms with Crippen molar-refractivity contribution in [1.29, 1.82) is 0 Å². The highest BCUT2D eigenvalue weighted by Crippen LogP contribution is 2.36. The maximum Gasteiger partial charge on any atom is 0.345 e. The van der Waals surface area contributed by atoms with Crippen LogP contribution in [-0.4, -0.2) is 45.5 Å². The predicted molar refractivity (Wildman–Crippen MR) is 109 cm³/mol. The zero-order valence-corrected chi connectivity index (χ0v) is 17.0. The van der Waals surface area contributed by atoms with Crippen molar-refractivity contribution in [3.63, 3.8) is 0 Å². The lowest BCUT2D eigenvalue weighted by molar-refractivity contribution is 0.192. The summed E-state index contributed by atoms with van der Waals surface area (Å²) in [5, 5.41) is 7.45. The first-order chi connectivity index (χ1) is 14.2. The van der Waals surface area contributed by atoms with E-state index in [4.69, 9.17) is 4.74 Å². The number of urea groups is 1. The van der Waals surface area contributed by atoms with Crippen molar-refractivity contribution in [3.8, 4) is 5.75 Å². The Morgan fingerprint density at radius 1 is 1.24 bits per heavy atom. The topological polar surface area (TPSA) is 81.4 Å². The van der Waals surface area contributed by atoms with Gasteiger partial charge in [0.25, 0.3) is 0 Å². The SMILES string of the molecule is COc1ccccc1C1CCCN1C(=O)NCCCn1nc2n(c1=O)CCCC2. The molecule has 8 nitrogen and oxygen atoms in total. The molecular formula is C21H29N5O3. The Bertz CT molecular complexity index is 919. The number of fused-ring (bicyclic) bond motifs is 1. The van der Waals surface area contributed by atoms with Gasteiger partial charge in [0.1, 0.15) is 11.6 Å². The van der Waals surface area contributed by atoms with Crippen molar-refractivity contribution in [2.24, 2.45) is 0 Å². The van der Waals surface area contributed by atoms with E-state index in [-0.39, 0.29) is 17.8 Å². The Labute approximate surface area is 170 Å². The van der Waals surface area contributed by atoms with Gasteiger partial charge in [0.05, 0.1) is 13.2 Å². The second kappa shape index (κ2) is 8.71. The van der Waals surface area contributed by atoms with Crippen LogP contribution in [0.4, 0.5) is 4.79 Å². The fourth-order valence-corrected chi connectivity index (χ4v) is 4.39. The van der Waals surface area contributed by atoms with Crippen LogP contribution in [0, 0.1) is 0 Å². The number of amides is 2.